The summed E-state index contributed by atoms with van der Waals surface area (Å²) in [5.41, 5.74) is 10.3. The molecule has 0 unspecified atom stereocenters. The van der Waals surface area contributed by atoms with Crippen LogP contribution in [0.2, 0.25) is 0 Å². The highest BCUT2D eigenvalue weighted by atomic mass is 15.1. The maximum absolute atomic E-state index is 4.95. The largest absolute Gasteiger partial charge is 0.377 e. The van der Waals surface area contributed by atoms with Gasteiger partial charge in [-0.05, 0) is 49.2 Å². The van der Waals surface area contributed by atoms with E-state index in [0.29, 0.717) is 0 Å². The lowest BCUT2D eigenvalue weighted by Gasteiger charge is -2.15. The third-order valence-electron chi connectivity index (χ3n) is 5.42. The van der Waals surface area contributed by atoms with Gasteiger partial charge in [0.05, 0.1) is 0 Å². The van der Waals surface area contributed by atoms with Crippen molar-refractivity contribution in [2.24, 2.45) is 0 Å². The van der Waals surface area contributed by atoms with Crippen LogP contribution in [0, 0.1) is 13.8 Å². The van der Waals surface area contributed by atoms with Gasteiger partial charge in [0.2, 0.25) is 16.7 Å². The lowest BCUT2D eigenvalue weighted by Crippen LogP contribution is -2.34. The molecule has 0 N–H and O–H groups in total. The molecule has 0 spiro atoms. The zero-order valence-electron chi connectivity index (χ0n) is 17.5. The van der Waals surface area contributed by atoms with Gasteiger partial charge >= 0.3 is 0 Å². The fourth-order valence-electron chi connectivity index (χ4n) is 3.53. The van der Waals surface area contributed by atoms with E-state index >= 15 is 0 Å². The van der Waals surface area contributed by atoms with Gasteiger partial charge in [0, 0.05) is 63.8 Å². The first-order chi connectivity index (χ1) is 13.3. The van der Waals surface area contributed by atoms with E-state index in [2.05, 4.69) is 111 Å². The van der Waals surface area contributed by atoms with Gasteiger partial charge < -0.3 is 9.80 Å². The van der Waals surface area contributed by atoms with Gasteiger partial charge in [-0.1, -0.05) is 6.07 Å². The van der Waals surface area contributed by atoms with E-state index in [0.717, 1.165) is 39.1 Å². The van der Waals surface area contributed by atoms with Crippen molar-refractivity contribution < 1.29 is 4.57 Å². The molecule has 4 nitrogen and oxygen atoms in total. The Morgan fingerprint density at radius 1 is 0.643 bits per heavy atom. The third kappa shape index (κ3) is 3.05. The van der Waals surface area contributed by atoms with Crippen LogP contribution < -0.4 is 14.4 Å². The highest BCUT2D eigenvalue weighted by Crippen LogP contribution is 2.25. The fourth-order valence-corrected chi connectivity index (χ4v) is 3.53. The summed E-state index contributed by atoms with van der Waals surface area (Å²) in [6.45, 7) is 4.32. The van der Waals surface area contributed by atoms with Crippen LogP contribution in [0.25, 0.3) is 27.8 Å². The van der Waals surface area contributed by atoms with Crippen LogP contribution in [-0.4, -0.2) is 33.2 Å². The van der Waals surface area contributed by atoms with E-state index in [9.17, 15) is 0 Å². The molecule has 28 heavy (non-hydrogen) atoms. The molecule has 0 radical (unpaired) electrons. The Labute approximate surface area is 166 Å². The van der Waals surface area contributed by atoms with Crippen molar-refractivity contribution in [2.45, 2.75) is 13.8 Å². The molecular weight excluding hydrogens is 344 g/mol. The van der Waals surface area contributed by atoms with E-state index in [1.165, 1.54) is 11.1 Å². The second-order valence-corrected chi connectivity index (χ2v) is 7.85. The van der Waals surface area contributed by atoms with Gasteiger partial charge in [0.1, 0.15) is 11.0 Å². The zero-order valence-corrected chi connectivity index (χ0v) is 17.5. The van der Waals surface area contributed by atoms with E-state index in [1.54, 1.807) is 0 Å². The average molecular weight is 372 g/mol. The van der Waals surface area contributed by atoms with Crippen molar-refractivity contribution in [3.05, 3.63) is 65.7 Å². The van der Waals surface area contributed by atoms with Gasteiger partial charge in [-0.2, -0.15) is 0 Å². The molecule has 1 aromatic heterocycles. The number of aryl methyl sites for hydroxylation is 2. The summed E-state index contributed by atoms with van der Waals surface area (Å²) in [6.07, 6.45) is 0. The highest BCUT2D eigenvalue weighted by molar-refractivity contribution is 5.86. The summed E-state index contributed by atoms with van der Waals surface area (Å²) in [6, 6.07) is 19.6. The number of hydrogen-bond acceptors (Lipinski definition) is 3. The van der Waals surface area contributed by atoms with Crippen LogP contribution in [-0.2, 0) is 0 Å². The Morgan fingerprint density at radius 3 is 1.64 bits per heavy atom. The Hall–Kier alpha value is -3.14. The summed E-state index contributed by atoms with van der Waals surface area (Å²) in [5.74, 6) is 0. The van der Waals surface area contributed by atoms with E-state index < -0.39 is 0 Å². The van der Waals surface area contributed by atoms with Gasteiger partial charge in [0.25, 0.3) is 0 Å². The van der Waals surface area contributed by atoms with E-state index in [4.69, 9.17) is 4.98 Å². The smallest absolute Gasteiger partial charge is 0.239 e. The van der Waals surface area contributed by atoms with Gasteiger partial charge in [-0.15, -0.1) is 4.57 Å². The molecule has 4 aromatic rings. The number of anilines is 2. The van der Waals surface area contributed by atoms with E-state index in [-0.39, 0.29) is 0 Å². The molecule has 1 heterocycles. The Kier molecular flexibility index (Phi) is 4.42. The molecule has 0 amide bonds. The molecule has 0 saturated carbocycles. The van der Waals surface area contributed by atoms with Crippen LogP contribution in [0.1, 0.15) is 11.1 Å². The number of aromatic nitrogens is 2. The Morgan fingerprint density at radius 2 is 1.18 bits per heavy atom. The third-order valence-corrected chi connectivity index (χ3v) is 5.42. The first-order valence-electron chi connectivity index (χ1n) is 9.57. The summed E-state index contributed by atoms with van der Waals surface area (Å²) >= 11 is 0. The van der Waals surface area contributed by atoms with Crippen molar-refractivity contribution in [3.8, 4) is 5.69 Å². The molecule has 3 aromatic carbocycles. The maximum atomic E-state index is 4.95. The molecule has 0 fully saturated rings. The Balaban J connectivity index is 2.16. The summed E-state index contributed by atoms with van der Waals surface area (Å²) in [4.78, 5) is 9.21. The molecular formula is C24H27N4+. The lowest BCUT2D eigenvalue weighted by molar-refractivity contribution is -0.538. The van der Waals surface area contributed by atoms with Crippen LogP contribution in [0.3, 0.4) is 0 Å². The molecule has 0 atom stereocenters. The summed E-state index contributed by atoms with van der Waals surface area (Å²) in [5, 5.41) is 0. The lowest BCUT2D eigenvalue weighted by atomic mass is 10.1. The topological polar surface area (TPSA) is 23.2 Å². The molecule has 0 aliphatic rings. The normalized spacial score (nSPS) is 11.2. The quantitative estimate of drug-likeness (QED) is 0.393. The SMILES string of the molecule is Cc1ccc(-[n+]2c3cc(N(C)C)ccc3nc3ccc(N(C)C)cc32)cc1C. The zero-order chi connectivity index (χ0) is 20.0. The summed E-state index contributed by atoms with van der Waals surface area (Å²) < 4.78 is 2.34. The molecule has 4 heteroatoms. The average Bonchev–Trinajstić information content (AvgIpc) is 2.67. The maximum Gasteiger partial charge on any atom is 0.239 e. The second kappa shape index (κ2) is 6.79. The van der Waals surface area contributed by atoms with Gasteiger partial charge in [-0.3, -0.25) is 0 Å². The molecule has 4 rings (SSSR count). The molecule has 0 bridgehead atoms. The predicted molar refractivity (Wildman–Crippen MR) is 119 cm³/mol. The van der Waals surface area contributed by atoms with Crippen LogP contribution in [0.4, 0.5) is 11.4 Å². The van der Waals surface area contributed by atoms with Crippen LogP contribution in [0.15, 0.2) is 54.6 Å². The van der Waals surface area contributed by atoms with Gasteiger partial charge in [-0.25, -0.2) is 4.98 Å². The summed E-state index contributed by atoms with van der Waals surface area (Å²) in [7, 11) is 8.28. The molecule has 0 aliphatic heterocycles. The number of hydrogen-bond donors (Lipinski definition) is 0. The van der Waals surface area contributed by atoms with E-state index in [1.807, 2.05) is 0 Å². The monoisotopic (exact) mass is 371 g/mol. The van der Waals surface area contributed by atoms with Crippen molar-refractivity contribution in [3.63, 3.8) is 0 Å². The van der Waals surface area contributed by atoms with Crippen molar-refractivity contribution >= 4 is 33.4 Å². The first kappa shape index (κ1) is 18.2. The molecule has 0 aliphatic carbocycles. The fraction of sp³-hybridized carbons (Fsp3) is 0.250. The van der Waals surface area contributed by atoms with Crippen molar-refractivity contribution in [2.75, 3.05) is 38.0 Å². The molecule has 0 saturated heterocycles. The van der Waals surface area contributed by atoms with Crippen LogP contribution in [0.5, 0.6) is 0 Å². The highest BCUT2D eigenvalue weighted by Gasteiger charge is 2.21. The molecule has 142 valence electrons. The standard InChI is InChI=1S/C24H27N4/c1-16-7-8-20(13-17(16)2)28-23-14-18(26(3)4)9-11-21(23)25-22-12-10-19(27(5)6)15-24(22)28/h7-15H,1-6H3/q+1. The van der Waals surface area contributed by atoms with Crippen molar-refractivity contribution in [1.82, 2.24) is 4.98 Å². The number of nitrogens with zero attached hydrogens (tertiary/aromatic N) is 4. The van der Waals surface area contributed by atoms with Crippen molar-refractivity contribution in [1.29, 1.82) is 0 Å². The Bertz CT molecular complexity index is 1130. The number of fused-ring (bicyclic) bond motifs is 2. The first-order valence-corrected chi connectivity index (χ1v) is 9.57. The minimum atomic E-state index is 0.994. The van der Waals surface area contributed by atoms with Crippen LogP contribution >= 0.6 is 0 Å². The second-order valence-electron chi connectivity index (χ2n) is 7.85. The minimum absolute atomic E-state index is 0.994. The number of rotatable bonds is 3. The van der Waals surface area contributed by atoms with Gasteiger partial charge in [0.15, 0.2) is 0 Å². The number of benzene rings is 3. The predicted octanol–water partition coefficient (Wildman–Crippen LogP) is 4.41. The minimum Gasteiger partial charge on any atom is -0.377 e.